The number of hydrogen-bond acceptors (Lipinski definition) is 6. The number of halogens is 1. The molecule has 7 heteroatoms. The maximum atomic E-state index is 14.1. The summed E-state index contributed by atoms with van der Waals surface area (Å²) < 4.78 is 19.3. The van der Waals surface area contributed by atoms with E-state index in [2.05, 4.69) is 15.4 Å². The third-order valence-electron chi connectivity index (χ3n) is 2.88. The van der Waals surface area contributed by atoms with Gasteiger partial charge < -0.3 is 10.2 Å². The van der Waals surface area contributed by atoms with Crippen molar-refractivity contribution < 1.29 is 9.13 Å². The summed E-state index contributed by atoms with van der Waals surface area (Å²) in [6.07, 6.45) is 0. The Labute approximate surface area is 118 Å². The second kappa shape index (κ2) is 5.03. The van der Waals surface area contributed by atoms with E-state index in [1.807, 2.05) is 11.4 Å². The van der Waals surface area contributed by atoms with E-state index in [9.17, 15) is 4.39 Å². The number of nitrogen functional groups attached to an aromatic ring is 1. The van der Waals surface area contributed by atoms with E-state index < -0.39 is 5.82 Å². The molecule has 2 heterocycles. The van der Waals surface area contributed by atoms with Crippen molar-refractivity contribution in [2.45, 2.75) is 0 Å². The lowest BCUT2D eigenvalue weighted by molar-refractivity contribution is 0.413. The summed E-state index contributed by atoms with van der Waals surface area (Å²) in [6.45, 7) is 0. The quantitative estimate of drug-likeness (QED) is 0.573. The fraction of sp³-hybridized carbons (Fsp3) is 0.0769. The second-order valence-electron chi connectivity index (χ2n) is 4.00. The molecule has 0 radical (unpaired) electrons. The maximum absolute atomic E-state index is 14.1. The molecule has 0 aliphatic heterocycles. The Hall–Kier alpha value is -2.25. The molecule has 0 saturated carbocycles. The van der Waals surface area contributed by atoms with Gasteiger partial charge in [-0.25, -0.2) is 20.2 Å². The number of nitrogens with zero attached hydrogens (tertiary/aromatic N) is 2. The SMILES string of the molecule is COc1cccc(F)c1-c1nc(NN)c2ccsc2n1. The smallest absolute Gasteiger partial charge is 0.169 e. The second-order valence-corrected chi connectivity index (χ2v) is 4.89. The molecule has 0 atom stereocenters. The monoisotopic (exact) mass is 290 g/mol. The number of nitrogens with one attached hydrogen (secondary N) is 1. The summed E-state index contributed by atoms with van der Waals surface area (Å²) in [5.74, 6) is 6.10. The molecule has 2 aromatic heterocycles. The summed E-state index contributed by atoms with van der Waals surface area (Å²) in [6, 6.07) is 6.44. The number of ether oxygens (including phenoxy) is 1. The van der Waals surface area contributed by atoms with E-state index in [1.165, 1.54) is 24.5 Å². The fourth-order valence-electron chi connectivity index (χ4n) is 1.97. The molecule has 3 aromatic rings. The van der Waals surface area contributed by atoms with Crippen LogP contribution in [0.15, 0.2) is 29.6 Å². The van der Waals surface area contributed by atoms with Crippen LogP contribution in [0.2, 0.25) is 0 Å². The first-order chi connectivity index (χ1) is 9.74. The van der Waals surface area contributed by atoms with Crippen molar-refractivity contribution in [3.8, 4) is 17.1 Å². The summed E-state index contributed by atoms with van der Waals surface area (Å²) in [5, 5.41) is 2.68. The molecule has 3 rings (SSSR count). The molecule has 0 fully saturated rings. The minimum Gasteiger partial charge on any atom is -0.496 e. The van der Waals surface area contributed by atoms with Gasteiger partial charge in [-0.15, -0.1) is 11.3 Å². The van der Waals surface area contributed by atoms with Crippen LogP contribution in [0.5, 0.6) is 5.75 Å². The number of fused-ring (bicyclic) bond motifs is 1. The highest BCUT2D eigenvalue weighted by molar-refractivity contribution is 7.16. The average Bonchev–Trinajstić information content (AvgIpc) is 2.94. The lowest BCUT2D eigenvalue weighted by Crippen LogP contribution is -2.10. The first-order valence-corrected chi connectivity index (χ1v) is 6.67. The third-order valence-corrected chi connectivity index (χ3v) is 3.69. The lowest BCUT2D eigenvalue weighted by Gasteiger charge is -2.10. The topological polar surface area (TPSA) is 73.1 Å². The Kier molecular flexibility index (Phi) is 3.21. The van der Waals surface area contributed by atoms with Crippen LogP contribution in [0.3, 0.4) is 0 Å². The summed E-state index contributed by atoms with van der Waals surface area (Å²) >= 11 is 1.44. The Morgan fingerprint density at radius 3 is 2.90 bits per heavy atom. The van der Waals surface area contributed by atoms with Gasteiger partial charge in [-0.2, -0.15) is 0 Å². The third kappa shape index (κ3) is 1.97. The number of benzene rings is 1. The Balaban J connectivity index is 2.29. The Morgan fingerprint density at radius 1 is 1.30 bits per heavy atom. The largest absolute Gasteiger partial charge is 0.496 e. The van der Waals surface area contributed by atoms with Crippen LogP contribution >= 0.6 is 11.3 Å². The molecule has 20 heavy (non-hydrogen) atoms. The highest BCUT2D eigenvalue weighted by atomic mass is 32.1. The van der Waals surface area contributed by atoms with Gasteiger partial charge in [0.25, 0.3) is 0 Å². The molecule has 0 bridgehead atoms. The van der Waals surface area contributed by atoms with Crippen molar-refractivity contribution in [3.63, 3.8) is 0 Å². The van der Waals surface area contributed by atoms with Gasteiger partial charge in [0, 0.05) is 0 Å². The normalized spacial score (nSPS) is 10.8. The van der Waals surface area contributed by atoms with Crippen LogP contribution < -0.4 is 16.0 Å². The molecule has 0 unspecified atom stereocenters. The van der Waals surface area contributed by atoms with E-state index in [4.69, 9.17) is 10.6 Å². The fourth-order valence-corrected chi connectivity index (χ4v) is 2.73. The first kappa shape index (κ1) is 12.8. The molecule has 0 saturated heterocycles. The van der Waals surface area contributed by atoms with Gasteiger partial charge in [-0.05, 0) is 23.6 Å². The highest BCUT2D eigenvalue weighted by Gasteiger charge is 2.17. The molecule has 0 aliphatic carbocycles. The minimum absolute atomic E-state index is 0.224. The molecule has 1 aromatic carbocycles. The van der Waals surface area contributed by atoms with Gasteiger partial charge in [-0.3, -0.25) is 0 Å². The van der Waals surface area contributed by atoms with E-state index >= 15 is 0 Å². The van der Waals surface area contributed by atoms with Crippen molar-refractivity contribution >= 4 is 27.4 Å². The standard InChI is InChI=1S/C13H11FN4OS/c1-19-9-4-2-3-8(14)10(9)12-16-11(18-15)7-5-6-20-13(7)17-12/h2-6H,15H2,1H3,(H,16,17,18). The molecule has 0 spiro atoms. The Bertz CT molecular complexity index is 774. The van der Waals surface area contributed by atoms with Gasteiger partial charge in [-0.1, -0.05) is 6.07 Å². The van der Waals surface area contributed by atoms with E-state index in [-0.39, 0.29) is 11.4 Å². The summed E-state index contributed by atoms with van der Waals surface area (Å²) in [4.78, 5) is 9.38. The van der Waals surface area contributed by atoms with Crippen LogP contribution in [0, 0.1) is 5.82 Å². The number of rotatable bonds is 3. The first-order valence-electron chi connectivity index (χ1n) is 5.79. The van der Waals surface area contributed by atoms with E-state index in [0.29, 0.717) is 11.6 Å². The van der Waals surface area contributed by atoms with E-state index in [0.717, 1.165) is 10.2 Å². The number of hydrogen-bond donors (Lipinski definition) is 2. The van der Waals surface area contributed by atoms with Crippen molar-refractivity contribution in [2.75, 3.05) is 12.5 Å². The number of nitrogens with two attached hydrogens (primary N) is 1. The van der Waals surface area contributed by atoms with Crippen LogP contribution in [0.4, 0.5) is 10.2 Å². The van der Waals surface area contributed by atoms with Gasteiger partial charge >= 0.3 is 0 Å². The molecule has 5 nitrogen and oxygen atoms in total. The number of aromatic nitrogens is 2. The average molecular weight is 290 g/mol. The van der Waals surface area contributed by atoms with Crippen LogP contribution in [0.25, 0.3) is 21.6 Å². The van der Waals surface area contributed by atoms with Crippen LogP contribution in [0.1, 0.15) is 0 Å². The zero-order valence-corrected chi connectivity index (χ0v) is 11.4. The van der Waals surface area contributed by atoms with Crippen LogP contribution in [-0.4, -0.2) is 17.1 Å². The number of methoxy groups -OCH3 is 1. The molecule has 0 aliphatic rings. The van der Waals surface area contributed by atoms with Gasteiger partial charge in [0.2, 0.25) is 0 Å². The van der Waals surface area contributed by atoms with Gasteiger partial charge in [0.1, 0.15) is 16.4 Å². The van der Waals surface area contributed by atoms with Crippen molar-refractivity contribution in [1.29, 1.82) is 0 Å². The molecule has 0 amide bonds. The van der Waals surface area contributed by atoms with Crippen LogP contribution in [-0.2, 0) is 0 Å². The van der Waals surface area contributed by atoms with Crippen molar-refractivity contribution in [1.82, 2.24) is 9.97 Å². The van der Waals surface area contributed by atoms with Crippen molar-refractivity contribution in [2.24, 2.45) is 5.84 Å². The summed E-state index contributed by atoms with van der Waals surface area (Å²) in [7, 11) is 1.48. The predicted molar refractivity (Wildman–Crippen MR) is 77.2 cm³/mol. The number of anilines is 1. The van der Waals surface area contributed by atoms with E-state index in [1.54, 1.807) is 12.1 Å². The van der Waals surface area contributed by atoms with Crippen molar-refractivity contribution in [3.05, 3.63) is 35.5 Å². The number of hydrazine groups is 1. The predicted octanol–water partition coefficient (Wildman–Crippen LogP) is 2.79. The highest BCUT2D eigenvalue weighted by Crippen LogP contribution is 2.33. The lowest BCUT2D eigenvalue weighted by atomic mass is 10.1. The number of thiophene rings is 1. The summed E-state index contributed by atoms with van der Waals surface area (Å²) in [5.41, 5.74) is 2.74. The van der Waals surface area contributed by atoms with Gasteiger partial charge in [0.05, 0.1) is 18.1 Å². The molecular weight excluding hydrogens is 279 g/mol. The zero-order valence-electron chi connectivity index (χ0n) is 10.6. The molecule has 102 valence electrons. The Morgan fingerprint density at radius 2 is 2.15 bits per heavy atom. The van der Waals surface area contributed by atoms with Gasteiger partial charge in [0.15, 0.2) is 11.6 Å². The zero-order chi connectivity index (χ0) is 14.1. The molecule has 3 N–H and O–H groups in total. The minimum atomic E-state index is -0.441. The maximum Gasteiger partial charge on any atom is 0.169 e. The molecular formula is C13H11FN4OS.